The van der Waals surface area contributed by atoms with Gasteiger partial charge < -0.3 is 10.5 Å². The molecule has 2 N–H and O–H groups in total. The minimum Gasteiger partial charge on any atom is -0.497 e. The average molecular weight is 191 g/mol. The van der Waals surface area contributed by atoms with Gasteiger partial charge in [-0.3, -0.25) is 4.68 Å². The van der Waals surface area contributed by atoms with Crippen LogP contribution in [-0.4, -0.2) is 23.4 Å². The van der Waals surface area contributed by atoms with Crippen LogP contribution in [0.15, 0.2) is 24.4 Å². The molecule has 4 nitrogen and oxygen atoms in total. The third-order valence-corrected chi connectivity index (χ3v) is 2.19. The van der Waals surface area contributed by atoms with E-state index < -0.39 is 0 Å². The summed E-state index contributed by atoms with van der Waals surface area (Å²) in [5, 5.41) is 5.32. The van der Waals surface area contributed by atoms with Crippen LogP contribution in [0.3, 0.4) is 0 Å². The van der Waals surface area contributed by atoms with E-state index >= 15 is 0 Å². The minimum absolute atomic E-state index is 0.600. The van der Waals surface area contributed by atoms with Crippen LogP contribution in [0, 0.1) is 0 Å². The number of hydrogen-bond acceptors (Lipinski definition) is 3. The molecule has 0 spiro atoms. The number of rotatable bonds is 3. The van der Waals surface area contributed by atoms with Crippen molar-refractivity contribution in [2.75, 3.05) is 13.7 Å². The Labute approximate surface area is 82.3 Å². The quantitative estimate of drug-likeness (QED) is 0.787. The van der Waals surface area contributed by atoms with Gasteiger partial charge >= 0.3 is 0 Å². The Morgan fingerprint density at radius 2 is 2.36 bits per heavy atom. The Kier molecular flexibility index (Phi) is 2.37. The molecule has 0 amide bonds. The normalized spacial score (nSPS) is 10.7. The fourth-order valence-corrected chi connectivity index (χ4v) is 1.49. The van der Waals surface area contributed by atoms with Gasteiger partial charge in [-0.2, -0.15) is 5.10 Å². The maximum absolute atomic E-state index is 5.48. The van der Waals surface area contributed by atoms with E-state index in [1.54, 1.807) is 7.11 Å². The van der Waals surface area contributed by atoms with Crippen LogP contribution in [0.4, 0.5) is 0 Å². The average Bonchev–Trinajstić information content (AvgIpc) is 2.61. The van der Waals surface area contributed by atoms with Gasteiger partial charge in [0.2, 0.25) is 0 Å². The third kappa shape index (κ3) is 1.44. The Bertz CT molecular complexity index is 436. The van der Waals surface area contributed by atoms with Crippen LogP contribution in [0.5, 0.6) is 5.75 Å². The standard InChI is InChI=1S/C10H13N3O/c1-14-9-2-3-10-8(6-9)7-12-13(10)5-4-11/h2-3,6-7H,4-5,11H2,1H3. The topological polar surface area (TPSA) is 53.1 Å². The molecule has 0 fully saturated rings. The monoisotopic (exact) mass is 191 g/mol. The van der Waals surface area contributed by atoms with E-state index in [-0.39, 0.29) is 0 Å². The zero-order chi connectivity index (χ0) is 9.97. The van der Waals surface area contributed by atoms with Crippen LogP contribution in [0.2, 0.25) is 0 Å². The van der Waals surface area contributed by atoms with Gasteiger partial charge in [0.15, 0.2) is 0 Å². The predicted octanol–water partition coefficient (Wildman–Crippen LogP) is 1.00. The number of benzene rings is 1. The molecule has 0 unspecified atom stereocenters. The van der Waals surface area contributed by atoms with Crippen molar-refractivity contribution >= 4 is 10.9 Å². The molecule has 0 bridgehead atoms. The molecule has 1 aromatic heterocycles. The summed E-state index contributed by atoms with van der Waals surface area (Å²) in [6.07, 6.45) is 1.83. The first-order chi connectivity index (χ1) is 6.85. The molecule has 0 aliphatic carbocycles. The summed E-state index contributed by atoms with van der Waals surface area (Å²) in [7, 11) is 1.66. The highest BCUT2D eigenvalue weighted by Gasteiger charge is 2.02. The van der Waals surface area contributed by atoms with E-state index in [0.29, 0.717) is 6.54 Å². The second-order valence-corrected chi connectivity index (χ2v) is 3.08. The Balaban J connectivity index is 2.48. The summed E-state index contributed by atoms with van der Waals surface area (Å²) in [5.74, 6) is 0.852. The number of nitrogens with two attached hydrogens (primary N) is 1. The van der Waals surface area contributed by atoms with Gasteiger partial charge in [-0.15, -0.1) is 0 Å². The van der Waals surface area contributed by atoms with Crippen LogP contribution in [-0.2, 0) is 6.54 Å². The third-order valence-electron chi connectivity index (χ3n) is 2.19. The molecule has 0 saturated carbocycles. The molecule has 1 aromatic carbocycles. The van der Waals surface area contributed by atoms with Gasteiger partial charge in [0.25, 0.3) is 0 Å². The molecule has 0 radical (unpaired) electrons. The molecule has 0 atom stereocenters. The summed E-state index contributed by atoms with van der Waals surface area (Å²) in [6, 6.07) is 5.89. The molecule has 0 aliphatic heterocycles. The van der Waals surface area contributed by atoms with Gasteiger partial charge in [0.1, 0.15) is 5.75 Å². The Morgan fingerprint density at radius 1 is 1.50 bits per heavy atom. The molecule has 0 saturated heterocycles. The second-order valence-electron chi connectivity index (χ2n) is 3.08. The summed E-state index contributed by atoms with van der Waals surface area (Å²) in [4.78, 5) is 0. The SMILES string of the molecule is COc1ccc2c(cnn2CCN)c1. The van der Waals surface area contributed by atoms with Gasteiger partial charge in [0.05, 0.1) is 25.4 Å². The van der Waals surface area contributed by atoms with Crippen molar-refractivity contribution in [3.63, 3.8) is 0 Å². The van der Waals surface area contributed by atoms with Crippen molar-refractivity contribution in [3.05, 3.63) is 24.4 Å². The summed E-state index contributed by atoms with van der Waals surface area (Å²) in [5.41, 5.74) is 6.58. The Hall–Kier alpha value is -1.55. The highest BCUT2D eigenvalue weighted by atomic mass is 16.5. The van der Waals surface area contributed by atoms with Crippen molar-refractivity contribution in [1.82, 2.24) is 9.78 Å². The van der Waals surface area contributed by atoms with E-state index in [0.717, 1.165) is 23.2 Å². The number of methoxy groups -OCH3 is 1. The lowest BCUT2D eigenvalue weighted by Crippen LogP contribution is -2.10. The van der Waals surface area contributed by atoms with E-state index in [1.165, 1.54) is 0 Å². The van der Waals surface area contributed by atoms with Crippen LogP contribution < -0.4 is 10.5 Å². The first-order valence-electron chi connectivity index (χ1n) is 4.55. The Morgan fingerprint density at radius 3 is 3.07 bits per heavy atom. The lowest BCUT2D eigenvalue weighted by Gasteiger charge is -2.02. The molecular formula is C10H13N3O. The number of fused-ring (bicyclic) bond motifs is 1. The van der Waals surface area contributed by atoms with E-state index in [9.17, 15) is 0 Å². The lowest BCUT2D eigenvalue weighted by molar-refractivity contribution is 0.415. The maximum Gasteiger partial charge on any atom is 0.119 e. The summed E-state index contributed by atoms with van der Waals surface area (Å²) < 4.78 is 7.03. The van der Waals surface area contributed by atoms with Gasteiger partial charge in [-0.1, -0.05) is 0 Å². The van der Waals surface area contributed by atoms with Crippen molar-refractivity contribution < 1.29 is 4.74 Å². The number of ether oxygens (including phenoxy) is 1. The molecule has 14 heavy (non-hydrogen) atoms. The summed E-state index contributed by atoms with van der Waals surface area (Å²) >= 11 is 0. The van der Waals surface area contributed by atoms with Crippen molar-refractivity contribution in [1.29, 1.82) is 0 Å². The smallest absolute Gasteiger partial charge is 0.119 e. The first kappa shape index (κ1) is 9.02. The molecule has 0 aliphatic rings. The largest absolute Gasteiger partial charge is 0.497 e. The maximum atomic E-state index is 5.48. The van der Waals surface area contributed by atoms with Crippen LogP contribution in [0.25, 0.3) is 10.9 Å². The number of aromatic nitrogens is 2. The molecule has 1 heterocycles. The highest BCUT2D eigenvalue weighted by Crippen LogP contribution is 2.19. The van der Waals surface area contributed by atoms with E-state index in [1.807, 2.05) is 29.1 Å². The van der Waals surface area contributed by atoms with Crippen LogP contribution >= 0.6 is 0 Å². The fourth-order valence-electron chi connectivity index (χ4n) is 1.49. The lowest BCUT2D eigenvalue weighted by atomic mass is 10.2. The molecule has 2 aromatic rings. The molecule has 2 rings (SSSR count). The van der Waals surface area contributed by atoms with Crippen molar-refractivity contribution in [2.24, 2.45) is 5.73 Å². The number of nitrogens with zero attached hydrogens (tertiary/aromatic N) is 2. The van der Waals surface area contributed by atoms with E-state index in [2.05, 4.69) is 5.10 Å². The highest BCUT2D eigenvalue weighted by molar-refractivity contribution is 5.80. The second kappa shape index (κ2) is 3.67. The van der Waals surface area contributed by atoms with Gasteiger partial charge in [0, 0.05) is 11.9 Å². The minimum atomic E-state index is 0.600. The zero-order valence-corrected chi connectivity index (χ0v) is 8.10. The van der Waals surface area contributed by atoms with E-state index in [4.69, 9.17) is 10.5 Å². The molecule has 74 valence electrons. The van der Waals surface area contributed by atoms with Crippen molar-refractivity contribution in [3.8, 4) is 5.75 Å². The van der Waals surface area contributed by atoms with Crippen molar-refractivity contribution in [2.45, 2.75) is 6.54 Å². The van der Waals surface area contributed by atoms with Crippen LogP contribution in [0.1, 0.15) is 0 Å². The fraction of sp³-hybridized carbons (Fsp3) is 0.300. The van der Waals surface area contributed by atoms with Gasteiger partial charge in [-0.25, -0.2) is 0 Å². The van der Waals surface area contributed by atoms with Gasteiger partial charge in [-0.05, 0) is 18.2 Å². The zero-order valence-electron chi connectivity index (χ0n) is 8.10. The molecular weight excluding hydrogens is 178 g/mol. The number of hydrogen-bond donors (Lipinski definition) is 1. The molecule has 4 heteroatoms. The first-order valence-corrected chi connectivity index (χ1v) is 4.55. The predicted molar refractivity (Wildman–Crippen MR) is 55.3 cm³/mol. The summed E-state index contributed by atoms with van der Waals surface area (Å²) in [6.45, 7) is 1.35.